The standard InChI is InChI=1S/C20H26ClFN2O2/c21-18-16(22)3-1-4-17(18)23-11-2-9-20(13-23)10-12-24(19(20)26)14-5-7-15(25)8-6-14/h1,3-4,14-15,25H,2,5-13H2/t14?,15?,20-/m0/s1. The van der Waals surface area contributed by atoms with Crippen LogP contribution in [0.2, 0.25) is 5.02 Å². The third-order valence-corrected chi connectivity index (χ3v) is 6.88. The number of aliphatic hydroxyl groups excluding tert-OH is 1. The molecule has 3 aliphatic rings. The van der Waals surface area contributed by atoms with Gasteiger partial charge in [-0.05, 0) is 57.1 Å². The van der Waals surface area contributed by atoms with Crippen molar-refractivity contribution in [2.45, 2.75) is 57.1 Å². The molecule has 3 fully saturated rings. The van der Waals surface area contributed by atoms with Gasteiger partial charge in [-0.1, -0.05) is 17.7 Å². The zero-order chi connectivity index (χ0) is 18.3. The number of carbonyl (C=O) groups excluding carboxylic acids is 1. The van der Waals surface area contributed by atoms with Gasteiger partial charge in [-0.3, -0.25) is 4.79 Å². The van der Waals surface area contributed by atoms with Crippen molar-refractivity contribution in [2.24, 2.45) is 5.41 Å². The fourth-order valence-electron chi connectivity index (χ4n) is 5.02. The second kappa shape index (κ2) is 7.01. The minimum absolute atomic E-state index is 0.146. The van der Waals surface area contributed by atoms with E-state index >= 15 is 0 Å². The van der Waals surface area contributed by atoms with Gasteiger partial charge >= 0.3 is 0 Å². The smallest absolute Gasteiger partial charge is 0.230 e. The third kappa shape index (κ3) is 3.09. The van der Waals surface area contributed by atoms with Crippen LogP contribution in [0.15, 0.2) is 18.2 Å². The summed E-state index contributed by atoms with van der Waals surface area (Å²) < 4.78 is 13.9. The van der Waals surface area contributed by atoms with Crippen LogP contribution < -0.4 is 4.90 Å². The maximum absolute atomic E-state index is 13.9. The summed E-state index contributed by atoms with van der Waals surface area (Å²) in [4.78, 5) is 17.5. The molecular formula is C20H26ClFN2O2. The van der Waals surface area contributed by atoms with E-state index in [0.29, 0.717) is 12.2 Å². The Bertz CT molecular complexity index is 692. The van der Waals surface area contributed by atoms with Crippen molar-refractivity contribution in [1.29, 1.82) is 0 Å². The van der Waals surface area contributed by atoms with Crippen molar-refractivity contribution in [2.75, 3.05) is 24.5 Å². The summed E-state index contributed by atoms with van der Waals surface area (Å²) in [5.74, 6) is -0.167. The molecular weight excluding hydrogens is 355 g/mol. The van der Waals surface area contributed by atoms with E-state index in [4.69, 9.17) is 11.6 Å². The molecule has 2 saturated heterocycles. The Kier molecular flexibility index (Phi) is 4.86. The number of likely N-dealkylation sites (tertiary alicyclic amines) is 1. The van der Waals surface area contributed by atoms with E-state index in [9.17, 15) is 14.3 Å². The van der Waals surface area contributed by atoms with Gasteiger partial charge in [0.15, 0.2) is 0 Å². The molecule has 1 N–H and O–H groups in total. The number of nitrogens with zero attached hydrogens (tertiary/aromatic N) is 2. The maximum Gasteiger partial charge on any atom is 0.230 e. The highest BCUT2D eigenvalue weighted by Gasteiger charge is 2.50. The lowest BCUT2D eigenvalue weighted by Gasteiger charge is -2.41. The number of anilines is 1. The van der Waals surface area contributed by atoms with Crippen LogP contribution in [-0.4, -0.2) is 47.7 Å². The number of piperidine rings is 1. The summed E-state index contributed by atoms with van der Waals surface area (Å²) in [6.07, 6.45) is 5.80. The Morgan fingerprint density at radius 2 is 1.92 bits per heavy atom. The molecule has 2 heterocycles. The average Bonchev–Trinajstić information content (AvgIpc) is 2.94. The number of halogens is 2. The van der Waals surface area contributed by atoms with E-state index in [1.165, 1.54) is 6.07 Å². The van der Waals surface area contributed by atoms with Gasteiger partial charge in [-0.25, -0.2) is 4.39 Å². The number of rotatable bonds is 2. The molecule has 4 nitrogen and oxygen atoms in total. The third-order valence-electron chi connectivity index (χ3n) is 6.50. The largest absolute Gasteiger partial charge is 0.393 e. The highest BCUT2D eigenvalue weighted by molar-refractivity contribution is 6.33. The lowest BCUT2D eigenvalue weighted by atomic mass is 9.78. The normalized spacial score (nSPS) is 32.5. The van der Waals surface area contributed by atoms with Gasteiger partial charge in [0, 0.05) is 25.7 Å². The monoisotopic (exact) mass is 380 g/mol. The quantitative estimate of drug-likeness (QED) is 0.852. The van der Waals surface area contributed by atoms with Crippen molar-refractivity contribution in [1.82, 2.24) is 4.90 Å². The van der Waals surface area contributed by atoms with Gasteiger partial charge in [-0.15, -0.1) is 0 Å². The van der Waals surface area contributed by atoms with Gasteiger partial charge in [-0.2, -0.15) is 0 Å². The Hall–Kier alpha value is -1.33. The van der Waals surface area contributed by atoms with Crippen LogP contribution in [0.3, 0.4) is 0 Å². The number of hydrogen-bond donors (Lipinski definition) is 1. The SMILES string of the molecule is O=C1N(C2CCC(O)CC2)CC[C@]12CCCN(c1cccc(F)c1Cl)C2. The molecule has 0 radical (unpaired) electrons. The zero-order valence-electron chi connectivity index (χ0n) is 15.0. The first-order valence-electron chi connectivity index (χ1n) is 9.68. The molecule has 6 heteroatoms. The lowest BCUT2D eigenvalue weighted by Crippen LogP contribution is -2.50. The topological polar surface area (TPSA) is 43.8 Å². The number of carbonyl (C=O) groups is 1. The van der Waals surface area contributed by atoms with E-state index in [-0.39, 0.29) is 28.5 Å². The number of amides is 1. The molecule has 1 aromatic carbocycles. The van der Waals surface area contributed by atoms with Gasteiger partial charge in [0.2, 0.25) is 5.91 Å². The van der Waals surface area contributed by atoms with Crippen LogP contribution in [-0.2, 0) is 4.79 Å². The summed E-state index contributed by atoms with van der Waals surface area (Å²) in [6.45, 7) is 2.21. The molecule has 0 aromatic heterocycles. The predicted molar refractivity (Wildman–Crippen MR) is 99.9 cm³/mol. The summed E-state index contributed by atoms with van der Waals surface area (Å²) in [5, 5.41) is 9.88. The van der Waals surface area contributed by atoms with Gasteiger partial charge in [0.25, 0.3) is 0 Å². The fraction of sp³-hybridized carbons (Fsp3) is 0.650. The highest BCUT2D eigenvalue weighted by Crippen LogP contribution is 2.44. The van der Waals surface area contributed by atoms with Crippen molar-refractivity contribution in [3.05, 3.63) is 29.0 Å². The van der Waals surface area contributed by atoms with Crippen LogP contribution in [0.1, 0.15) is 44.9 Å². The van der Waals surface area contributed by atoms with Crippen LogP contribution in [0.4, 0.5) is 10.1 Å². The molecule has 2 aliphatic heterocycles. The Morgan fingerprint density at radius 1 is 1.15 bits per heavy atom. The Labute approximate surface area is 158 Å². The molecule has 4 rings (SSSR count). The first-order chi connectivity index (χ1) is 12.5. The summed E-state index contributed by atoms with van der Waals surface area (Å²) >= 11 is 6.19. The van der Waals surface area contributed by atoms with E-state index in [0.717, 1.165) is 58.0 Å². The van der Waals surface area contributed by atoms with E-state index in [1.54, 1.807) is 6.07 Å². The number of benzene rings is 1. The molecule has 1 amide bonds. The molecule has 1 aliphatic carbocycles. The summed E-state index contributed by atoms with van der Waals surface area (Å²) in [7, 11) is 0. The number of hydrogen-bond acceptors (Lipinski definition) is 3. The van der Waals surface area contributed by atoms with Gasteiger partial charge in [0.1, 0.15) is 5.82 Å². The Balaban J connectivity index is 1.52. The van der Waals surface area contributed by atoms with Crippen LogP contribution in [0.25, 0.3) is 0 Å². The lowest BCUT2D eigenvalue weighted by molar-refractivity contribution is -0.139. The first kappa shape index (κ1) is 18.1. The molecule has 1 spiro atoms. The van der Waals surface area contributed by atoms with E-state index in [2.05, 4.69) is 9.80 Å². The average molecular weight is 381 g/mol. The molecule has 1 atom stereocenters. The van der Waals surface area contributed by atoms with Gasteiger partial charge in [0.05, 0.1) is 22.2 Å². The van der Waals surface area contributed by atoms with Crippen LogP contribution >= 0.6 is 11.6 Å². The molecule has 0 unspecified atom stereocenters. The van der Waals surface area contributed by atoms with Crippen LogP contribution in [0, 0.1) is 11.2 Å². The Morgan fingerprint density at radius 3 is 2.69 bits per heavy atom. The van der Waals surface area contributed by atoms with E-state index < -0.39 is 5.82 Å². The van der Waals surface area contributed by atoms with Crippen molar-refractivity contribution in [3.63, 3.8) is 0 Å². The van der Waals surface area contributed by atoms with Crippen molar-refractivity contribution >= 4 is 23.2 Å². The summed E-state index contributed by atoms with van der Waals surface area (Å²) in [6, 6.07) is 5.14. The number of aliphatic hydroxyl groups is 1. The minimum atomic E-state index is -0.413. The summed E-state index contributed by atoms with van der Waals surface area (Å²) in [5.41, 5.74) is 0.321. The fourth-order valence-corrected chi connectivity index (χ4v) is 5.26. The minimum Gasteiger partial charge on any atom is -0.393 e. The molecule has 26 heavy (non-hydrogen) atoms. The van der Waals surface area contributed by atoms with Crippen molar-refractivity contribution in [3.8, 4) is 0 Å². The van der Waals surface area contributed by atoms with Gasteiger partial charge < -0.3 is 14.9 Å². The predicted octanol–water partition coefficient (Wildman–Crippen LogP) is 3.60. The van der Waals surface area contributed by atoms with Crippen molar-refractivity contribution < 1.29 is 14.3 Å². The molecule has 1 aromatic rings. The first-order valence-corrected chi connectivity index (χ1v) is 10.1. The molecule has 0 bridgehead atoms. The second-order valence-electron chi connectivity index (χ2n) is 8.09. The molecule has 142 valence electrons. The second-order valence-corrected chi connectivity index (χ2v) is 8.47. The van der Waals surface area contributed by atoms with Crippen LogP contribution in [0.5, 0.6) is 0 Å². The molecule has 1 saturated carbocycles. The zero-order valence-corrected chi connectivity index (χ0v) is 15.7. The van der Waals surface area contributed by atoms with E-state index in [1.807, 2.05) is 6.07 Å². The maximum atomic E-state index is 13.9. The highest BCUT2D eigenvalue weighted by atomic mass is 35.5.